The van der Waals surface area contributed by atoms with Gasteiger partial charge in [-0.25, -0.2) is 4.98 Å². The van der Waals surface area contributed by atoms with Crippen LogP contribution in [0.5, 0.6) is 5.75 Å². The quantitative estimate of drug-likeness (QED) is 0.313. The van der Waals surface area contributed by atoms with Crippen LogP contribution in [0.3, 0.4) is 0 Å². The Morgan fingerprint density at radius 1 is 1.00 bits per heavy atom. The summed E-state index contributed by atoms with van der Waals surface area (Å²) in [4.78, 5) is 46.9. The number of ether oxygens (including phenoxy) is 1. The summed E-state index contributed by atoms with van der Waals surface area (Å²) in [6.45, 7) is 6.23. The number of nitrogens with zero attached hydrogens (tertiary/aromatic N) is 2. The van der Waals surface area contributed by atoms with E-state index in [1.807, 2.05) is 26.8 Å². The molecule has 8 heteroatoms. The van der Waals surface area contributed by atoms with Crippen molar-refractivity contribution in [2.24, 2.45) is 5.73 Å². The third-order valence-electron chi connectivity index (χ3n) is 6.15. The van der Waals surface area contributed by atoms with E-state index in [9.17, 15) is 14.4 Å². The summed E-state index contributed by atoms with van der Waals surface area (Å²) in [5.74, 6) is -0.232. The third kappa shape index (κ3) is 4.95. The van der Waals surface area contributed by atoms with Crippen molar-refractivity contribution < 1.29 is 14.3 Å². The number of aromatic nitrogens is 3. The number of amides is 1. The molecule has 0 saturated carbocycles. The van der Waals surface area contributed by atoms with E-state index in [1.165, 1.54) is 0 Å². The van der Waals surface area contributed by atoms with E-state index in [0.717, 1.165) is 6.42 Å². The molecule has 0 aliphatic heterocycles. The maximum Gasteiger partial charge on any atom is 0.265 e. The smallest absolute Gasteiger partial charge is 0.265 e. The summed E-state index contributed by atoms with van der Waals surface area (Å²) in [7, 11) is 0. The minimum absolute atomic E-state index is 0.180. The summed E-state index contributed by atoms with van der Waals surface area (Å²) >= 11 is 0. The zero-order valence-corrected chi connectivity index (χ0v) is 21.2. The number of hydrogen-bond donors (Lipinski definition) is 2. The first-order chi connectivity index (χ1) is 17.9. The maximum absolute atomic E-state index is 13.8. The fourth-order valence-corrected chi connectivity index (χ4v) is 4.41. The first kappa shape index (κ1) is 25.6. The molecule has 0 fully saturated rings. The fourth-order valence-electron chi connectivity index (χ4n) is 4.41. The zero-order valence-electron chi connectivity index (χ0n) is 21.2. The van der Waals surface area contributed by atoms with E-state index in [-0.39, 0.29) is 22.9 Å². The van der Waals surface area contributed by atoms with Gasteiger partial charge in [0, 0.05) is 22.9 Å². The van der Waals surface area contributed by atoms with Crippen molar-refractivity contribution in [1.29, 1.82) is 0 Å². The third-order valence-corrected chi connectivity index (χ3v) is 6.15. The summed E-state index contributed by atoms with van der Waals surface area (Å²) in [6, 6.07) is 15.5. The average molecular weight is 499 g/mol. The van der Waals surface area contributed by atoms with Gasteiger partial charge >= 0.3 is 0 Å². The largest absolute Gasteiger partial charge is 0.493 e. The van der Waals surface area contributed by atoms with Gasteiger partial charge in [0.2, 0.25) is 0 Å². The zero-order chi connectivity index (χ0) is 26.5. The highest BCUT2D eigenvalue weighted by atomic mass is 16.5. The van der Waals surface area contributed by atoms with Crippen LogP contribution in [0.4, 0.5) is 0 Å². The van der Waals surface area contributed by atoms with E-state index < -0.39 is 5.91 Å². The number of primary amides is 1. The number of hydrogen-bond acceptors (Lipinski definition) is 5. The SMILES string of the molecule is CCCOc1ccc(C(=O)c2ccccc2)c(-n2cccc2C(N)=O)c1-c1nc(CC)c(CC)c(=O)[nH]1. The molecular formula is C29H30N4O4. The maximum atomic E-state index is 13.8. The highest BCUT2D eigenvalue weighted by Gasteiger charge is 2.27. The van der Waals surface area contributed by atoms with Crippen LogP contribution in [0.2, 0.25) is 0 Å². The van der Waals surface area contributed by atoms with E-state index in [0.29, 0.717) is 58.8 Å². The molecule has 2 heterocycles. The highest BCUT2D eigenvalue weighted by Crippen LogP contribution is 2.38. The Kier molecular flexibility index (Phi) is 7.67. The highest BCUT2D eigenvalue weighted by molar-refractivity contribution is 6.13. The second-order valence-corrected chi connectivity index (χ2v) is 8.55. The van der Waals surface area contributed by atoms with Crippen LogP contribution in [-0.4, -0.2) is 32.8 Å². The molecule has 0 aliphatic rings. The van der Waals surface area contributed by atoms with E-state index in [2.05, 4.69) is 4.98 Å². The molecule has 0 unspecified atom stereocenters. The molecule has 0 aliphatic carbocycles. The Hall–Kier alpha value is -4.46. The monoisotopic (exact) mass is 498 g/mol. The standard InChI is InChI=1S/C29H30N4O4/c1-4-17-37-23-15-14-20(26(34)18-11-8-7-9-12-18)25(33-16-10-13-22(33)27(30)35)24(23)28-31-21(6-3)19(5-2)29(36)32-28/h7-16H,4-6,17H2,1-3H3,(H2,30,35)(H,31,32,36). The van der Waals surface area contributed by atoms with Crippen molar-refractivity contribution in [3.05, 3.63) is 99.2 Å². The number of rotatable bonds is 10. The van der Waals surface area contributed by atoms with Crippen molar-refractivity contribution in [2.75, 3.05) is 6.61 Å². The van der Waals surface area contributed by atoms with Gasteiger partial charge in [-0.1, -0.05) is 51.1 Å². The van der Waals surface area contributed by atoms with Gasteiger partial charge in [0.1, 0.15) is 17.3 Å². The van der Waals surface area contributed by atoms with Crippen LogP contribution < -0.4 is 16.0 Å². The molecule has 0 radical (unpaired) electrons. The number of aromatic amines is 1. The second kappa shape index (κ2) is 11.1. The van der Waals surface area contributed by atoms with E-state index >= 15 is 0 Å². The number of nitrogens with two attached hydrogens (primary N) is 1. The van der Waals surface area contributed by atoms with Crippen LogP contribution in [0.15, 0.2) is 65.6 Å². The first-order valence-corrected chi connectivity index (χ1v) is 12.4. The van der Waals surface area contributed by atoms with Gasteiger partial charge in [-0.3, -0.25) is 14.4 Å². The summed E-state index contributed by atoms with van der Waals surface area (Å²) in [5, 5.41) is 0. The average Bonchev–Trinajstić information content (AvgIpc) is 3.41. The van der Waals surface area contributed by atoms with Crippen LogP contribution in [0.25, 0.3) is 17.1 Å². The molecule has 2 aromatic carbocycles. The Morgan fingerprint density at radius 3 is 2.41 bits per heavy atom. The topological polar surface area (TPSA) is 120 Å². The molecule has 0 saturated heterocycles. The van der Waals surface area contributed by atoms with Crippen molar-refractivity contribution >= 4 is 11.7 Å². The summed E-state index contributed by atoms with van der Waals surface area (Å²) in [5.41, 5.74) is 8.45. The molecule has 3 N–H and O–H groups in total. The minimum Gasteiger partial charge on any atom is -0.493 e. The Morgan fingerprint density at radius 2 is 1.76 bits per heavy atom. The lowest BCUT2D eigenvalue weighted by Gasteiger charge is -2.21. The van der Waals surface area contributed by atoms with Gasteiger partial charge in [-0.15, -0.1) is 0 Å². The molecule has 190 valence electrons. The van der Waals surface area contributed by atoms with Gasteiger partial charge in [0.25, 0.3) is 11.5 Å². The lowest BCUT2D eigenvalue weighted by atomic mass is 9.96. The van der Waals surface area contributed by atoms with Crippen molar-refractivity contribution in [1.82, 2.24) is 14.5 Å². The summed E-state index contributed by atoms with van der Waals surface area (Å²) in [6.07, 6.45) is 3.49. The Balaban J connectivity index is 2.13. The molecule has 0 bridgehead atoms. The first-order valence-electron chi connectivity index (χ1n) is 12.4. The fraction of sp³-hybridized carbons (Fsp3) is 0.241. The molecular weight excluding hydrogens is 468 g/mol. The van der Waals surface area contributed by atoms with Crippen LogP contribution in [-0.2, 0) is 12.8 Å². The predicted octanol–water partition coefficient (Wildman–Crippen LogP) is 4.47. The van der Waals surface area contributed by atoms with Gasteiger partial charge in [-0.2, -0.15) is 0 Å². The Bertz CT molecular complexity index is 1500. The number of aryl methyl sites for hydroxylation is 1. The molecule has 0 atom stereocenters. The number of H-pyrrole nitrogens is 1. The summed E-state index contributed by atoms with van der Waals surface area (Å²) < 4.78 is 7.65. The molecule has 4 aromatic rings. The molecule has 4 rings (SSSR count). The van der Waals surface area contributed by atoms with Crippen molar-refractivity contribution in [3.8, 4) is 22.8 Å². The number of nitrogens with one attached hydrogen (secondary N) is 1. The number of benzene rings is 2. The number of carbonyl (C=O) groups is 2. The lowest BCUT2D eigenvalue weighted by molar-refractivity contribution is 0.0990. The van der Waals surface area contributed by atoms with E-state index in [4.69, 9.17) is 15.5 Å². The van der Waals surface area contributed by atoms with Crippen molar-refractivity contribution in [2.45, 2.75) is 40.0 Å². The van der Waals surface area contributed by atoms with Crippen LogP contribution in [0.1, 0.15) is 64.9 Å². The minimum atomic E-state index is -0.661. The Labute approximate surface area is 215 Å². The number of ketones is 1. The van der Waals surface area contributed by atoms with Gasteiger partial charge in [-0.05, 0) is 43.5 Å². The molecule has 2 aromatic heterocycles. The predicted molar refractivity (Wildman–Crippen MR) is 143 cm³/mol. The molecule has 8 nitrogen and oxygen atoms in total. The van der Waals surface area contributed by atoms with E-state index in [1.54, 1.807) is 59.3 Å². The van der Waals surface area contributed by atoms with Gasteiger partial charge in [0.15, 0.2) is 5.78 Å². The lowest BCUT2D eigenvalue weighted by Crippen LogP contribution is -2.21. The normalized spacial score (nSPS) is 10.9. The van der Waals surface area contributed by atoms with Crippen molar-refractivity contribution in [3.63, 3.8) is 0 Å². The molecule has 1 amide bonds. The van der Waals surface area contributed by atoms with Crippen LogP contribution >= 0.6 is 0 Å². The number of carbonyl (C=O) groups excluding carboxylic acids is 2. The van der Waals surface area contributed by atoms with Gasteiger partial charge in [0.05, 0.1) is 23.6 Å². The second-order valence-electron chi connectivity index (χ2n) is 8.55. The molecule has 37 heavy (non-hydrogen) atoms. The van der Waals surface area contributed by atoms with Crippen LogP contribution in [0, 0.1) is 0 Å². The molecule has 0 spiro atoms. The van der Waals surface area contributed by atoms with Gasteiger partial charge < -0.3 is 20.0 Å².